The van der Waals surface area contributed by atoms with Crippen LogP contribution in [0.2, 0.25) is 0 Å². The summed E-state index contributed by atoms with van der Waals surface area (Å²) in [6.07, 6.45) is 12.8. The van der Waals surface area contributed by atoms with Gasteiger partial charge in [0.2, 0.25) is 0 Å². The first-order chi connectivity index (χ1) is 10.8. The van der Waals surface area contributed by atoms with Gasteiger partial charge in [-0.1, -0.05) is 64.7 Å². The molecule has 0 saturated carbocycles. The predicted octanol–water partition coefficient (Wildman–Crippen LogP) is 6.00. The van der Waals surface area contributed by atoms with Crippen molar-refractivity contribution in [3.05, 3.63) is 29.6 Å². The molecule has 0 atom stereocenters. The number of unbranched alkanes of at least 4 members (excludes halogenated alkanes) is 9. The van der Waals surface area contributed by atoms with E-state index >= 15 is 0 Å². The Morgan fingerprint density at radius 3 is 2.09 bits per heavy atom. The maximum atomic E-state index is 13.4. The molecule has 0 fully saturated rings. The number of nitriles is 1. The van der Waals surface area contributed by atoms with Crippen LogP contribution in [0.1, 0.15) is 76.7 Å². The van der Waals surface area contributed by atoms with Crippen molar-refractivity contribution in [1.29, 1.82) is 5.26 Å². The Kier molecular flexibility index (Phi) is 10.1. The van der Waals surface area contributed by atoms with Crippen molar-refractivity contribution in [3.8, 4) is 11.8 Å². The van der Waals surface area contributed by atoms with E-state index in [4.69, 9.17) is 10.00 Å². The predicted molar refractivity (Wildman–Crippen MR) is 88.5 cm³/mol. The van der Waals surface area contributed by atoms with E-state index in [9.17, 15) is 4.39 Å². The maximum Gasteiger partial charge on any atom is 0.144 e. The zero-order chi connectivity index (χ0) is 16.0. The average molecular weight is 305 g/mol. The molecule has 1 rings (SSSR count). The van der Waals surface area contributed by atoms with Crippen molar-refractivity contribution in [1.82, 2.24) is 0 Å². The molecule has 0 unspecified atom stereocenters. The quantitative estimate of drug-likeness (QED) is 0.444. The highest BCUT2D eigenvalue weighted by molar-refractivity contribution is 5.36. The van der Waals surface area contributed by atoms with Gasteiger partial charge in [-0.05, 0) is 18.6 Å². The lowest BCUT2D eigenvalue weighted by Crippen LogP contribution is -1.98. The second-order valence-corrected chi connectivity index (χ2v) is 5.78. The molecule has 0 heterocycles. The van der Waals surface area contributed by atoms with Gasteiger partial charge in [0.15, 0.2) is 0 Å². The zero-order valence-corrected chi connectivity index (χ0v) is 13.7. The van der Waals surface area contributed by atoms with Gasteiger partial charge in [-0.15, -0.1) is 0 Å². The minimum Gasteiger partial charge on any atom is -0.493 e. The standard InChI is InChI=1S/C19H28FNO/c1-2-3-4-5-6-7-8-9-10-11-14-22-18-13-12-17(16-21)19(20)15-18/h12-13,15H,2-11,14H2,1H3. The second kappa shape index (κ2) is 12.0. The van der Waals surface area contributed by atoms with E-state index in [1.165, 1.54) is 63.5 Å². The first-order valence-electron chi connectivity index (χ1n) is 8.60. The third-order valence-corrected chi connectivity index (χ3v) is 3.83. The largest absolute Gasteiger partial charge is 0.493 e. The van der Waals surface area contributed by atoms with E-state index in [-0.39, 0.29) is 5.56 Å². The average Bonchev–Trinajstić information content (AvgIpc) is 2.53. The van der Waals surface area contributed by atoms with Crippen molar-refractivity contribution < 1.29 is 9.13 Å². The number of hydrogen-bond donors (Lipinski definition) is 0. The molecule has 1 aromatic rings. The fraction of sp³-hybridized carbons (Fsp3) is 0.632. The molecule has 0 aliphatic rings. The fourth-order valence-corrected chi connectivity index (χ4v) is 2.46. The summed E-state index contributed by atoms with van der Waals surface area (Å²) in [5, 5.41) is 8.66. The van der Waals surface area contributed by atoms with Crippen LogP contribution in [-0.2, 0) is 0 Å². The number of halogens is 1. The Labute approximate surface area is 134 Å². The molecule has 0 bridgehead atoms. The van der Waals surface area contributed by atoms with Gasteiger partial charge in [0.05, 0.1) is 12.2 Å². The molecule has 122 valence electrons. The number of ether oxygens (including phenoxy) is 1. The minimum absolute atomic E-state index is 0.0614. The lowest BCUT2D eigenvalue weighted by molar-refractivity contribution is 0.303. The SMILES string of the molecule is CCCCCCCCCCCCOc1ccc(C#N)c(F)c1. The van der Waals surface area contributed by atoms with Gasteiger partial charge in [0.1, 0.15) is 17.6 Å². The summed E-state index contributed by atoms with van der Waals surface area (Å²) < 4.78 is 18.9. The molecule has 2 nitrogen and oxygen atoms in total. The monoisotopic (exact) mass is 305 g/mol. The molecule has 22 heavy (non-hydrogen) atoms. The number of nitrogens with zero attached hydrogens (tertiary/aromatic N) is 1. The molecular formula is C19H28FNO. The first kappa shape index (κ1) is 18.5. The molecule has 0 amide bonds. The summed E-state index contributed by atoms with van der Waals surface area (Å²) in [4.78, 5) is 0. The maximum absolute atomic E-state index is 13.4. The molecular weight excluding hydrogens is 277 g/mol. The van der Waals surface area contributed by atoms with Crippen molar-refractivity contribution >= 4 is 0 Å². The molecule has 0 N–H and O–H groups in total. The fourth-order valence-electron chi connectivity index (χ4n) is 2.46. The van der Waals surface area contributed by atoms with Gasteiger partial charge in [-0.2, -0.15) is 5.26 Å². The van der Waals surface area contributed by atoms with Gasteiger partial charge in [-0.25, -0.2) is 4.39 Å². The van der Waals surface area contributed by atoms with E-state index in [2.05, 4.69) is 6.92 Å². The Bertz CT molecular complexity index is 453. The molecule has 0 saturated heterocycles. The van der Waals surface area contributed by atoms with Crippen LogP contribution in [0.4, 0.5) is 4.39 Å². The Morgan fingerprint density at radius 1 is 0.955 bits per heavy atom. The van der Waals surface area contributed by atoms with E-state index in [1.54, 1.807) is 12.1 Å². The van der Waals surface area contributed by atoms with Gasteiger partial charge in [-0.3, -0.25) is 0 Å². The van der Waals surface area contributed by atoms with Gasteiger partial charge < -0.3 is 4.74 Å². The van der Waals surface area contributed by atoms with Crippen molar-refractivity contribution in [3.63, 3.8) is 0 Å². The summed E-state index contributed by atoms with van der Waals surface area (Å²) >= 11 is 0. The molecule has 0 aliphatic heterocycles. The van der Waals surface area contributed by atoms with Crippen LogP contribution in [0.3, 0.4) is 0 Å². The van der Waals surface area contributed by atoms with Crippen LogP contribution in [0.5, 0.6) is 5.75 Å². The topological polar surface area (TPSA) is 33.0 Å². The Morgan fingerprint density at radius 2 is 1.55 bits per heavy atom. The molecule has 1 aromatic carbocycles. The highest BCUT2D eigenvalue weighted by atomic mass is 19.1. The number of hydrogen-bond acceptors (Lipinski definition) is 2. The summed E-state index contributed by atoms with van der Waals surface area (Å²) in [5.41, 5.74) is 0.0614. The molecule has 3 heteroatoms. The Hall–Kier alpha value is -1.56. The van der Waals surface area contributed by atoms with Crippen molar-refractivity contribution in [2.75, 3.05) is 6.61 Å². The third-order valence-electron chi connectivity index (χ3n) is 3.83. The third kappa shape index (κ3) is 8.02. The summed E-state index contributed by atoms with van der Waals surface area (Å²) in [6, 6.07) is 6.20. The van der Waals surface area contributed by atoms with Crippen LogP contribution >= 0.6 is 0 Å². The van der Waals surface area contributed by atoms with Gasteiger partial charge in [0.25, 0.3) is 0 Å². The van der Waals surface area contributed by atoms with Crippen molar-refractivity contribution in [2.24, 2.45) is 0 Å². The zero-order valence-electron chi connectivity index (χ0n) is 13.7. The number of rotatable bonds is 12. The van der Waals surface area contributed by atoms with E-state index < -0.39 is 5.82 Å². The Balaban J connectivity index is 1.97. The van der Waals surface area contributed by atoms with Crippen molar-refractivity contribution in [2.45, 2.75) is 71.1 Å². The van der Waals surface area contributed by atoms with Crippen LogP contribution in [0.25, 0.3) is 0 Å². The van der Waals surface area contributed by atoms with Gasteiger partial charge in [0, 0.05) is 6.07 Å². The summed E-state index contributed by atoms with van der Waals surface area (Å²) in [5.74, 6) is -0.00417. The van der Waals surface area contributed by atoms with Crippen LogP contribution in [0, 0.1) is 17.1 Å². The lowest BCUT2D eigenvalue weighted by Gasteiger charge is -2.06. The summed E-state index contributed by atoms with van der Waals surface area (Å²) in [7, 11) is 0. The highest BCUT2D eigenvalue weighted by Crippen LogP contribution is 2.17. The highest BCUT2D eigenvalue weighted by Gasteiger charge is 2.03. The molecule has 0 aromatic heterocycles. The second-order valence-electron chi connectivity index (χ2n) is 5.78. The normalized spacial score (nSPS) is 10.4. The van der Waals surface area contributed by atoms with Crippen LogP contribution in [0.15, 0.2) is 18.2 Å². The van der Waals surface area contributed by atoms with E-state index in [0.717, 1.165) is 12.8 Å². The first-order valence-corrected chi connectivity index (χ1v) is 8.60. The minimum atomic E-state index is -0.511. The van der Waals surface area contributed by atoms with Crippen LogP contribution < -0.4 is 4.74 Å². The lowest BCUT2D eigenvalue weighted by atomic mass is 10.1. The van der Waals surface area contributed by atoms with E-state index in [0.29, 0.717) is 12.4 Å². The smallest absolute Gasteiger partial charge is 0.144 e. The molecule has 0 spiro atoms. The van der Waals surface area contributed by atoms with E-state index in [1.807, 2.05) is 0 Å². The van der Waals surface area contributed by atoms with Crippen LogP contribution in [-0.4, -0.2) is 6.61 Å². The summed E-state index contributed by atoms with van der Waals surface area (Å²) in [6.45, 7) is 2.86. The number of benzene rings is 1. The molecule has 0 radical (unpaired) electrons. The van der Waals surface area contributed by atoms with Gasteiger partial charge >= 0.3 is 0 Å². The molecule has 0 aliphatic carbocycles.